The molecule has 0 spiro atoms. The van der Waals surface area contributed by atoms with Crippen LogP contribution in [-0.2, 0) is 9.47 Å². The molecule has 92 valence electrons. The van der Waals surface area contributed by atoms with E-state index in [0.717, 1.165) is 19.4 Å². The van der Waals surface area contributed by atoms with Crippen molar-refractivity contribution in [3.8, 4) is 0 Å². The first-order chi connectivity index (χ1) is 8.25. The van der Waals surface area contributed by atoms with Gasteiger partial charge in [-0.15, -0.1) is 0 Å². The van der Waals surface area contributed by atoms with Crippen molar-refractivity contribution in [1.29, 1.82) is 0 Å². The second kappa shape index (κ2) is 6.15. The maximum atomic E-state index is 11.7. The minimum atomic E-state index is -0.0281. The molecule has 1 aliphatic rings. The second-order valence-electron chi connectivity index (χ2n) is 4.08. The van der Waals surface area contributed by atoms with Crippen LogP contribution in [0, 0.1) is 0 Å². The Bertz CT molecular complexity index is 369. The molecule has 1 fully saturated rings. The van der Waals surface area contributed by atoms with Crippen LogP contribution in [0.4, 0.5) is 0 Å². The number of halogens is 1. The molecule has 1 aromatic rings. The molecular weight excluding hydrogens is 240 g/mol. The molecule has 4 heteroatoms. The molecule has 0 N–H and O–H groups in total. The molecule has 1 aromatic carbocycles. The van der Waals surface area contributed by atoms with Gasteiger partial charge in [0, 0.05) is 17.2 Å². The number of benzene rings is 1. The normalized spacial score (nSPS) is 19.5. The average Bonchev–Trinajstić information content (AvgIpc) is 2.83. The van der Waals surface area contributed by atoms with Crippen LogP contribution in [-0.4, -0.2) is 31.7 Å². The van der Waals surface area contributed by atoms with Gasteiger partial charge in [0.2, 0.25) is 0 Å². The number of hydrogen-bond acceptors (Lipinski definition) is 3. The van der Waals surface area contributed by atoms with Gasteiger partial charge in [-0.2, -0.15) is 0 Å². The maximum Gasteiger partial charge on any atom is 0.188 e. The fourth-order valence-electron chi connectivity index (χ4n) is 1.78. The van der Waals surface area contributed by atoms with E-state index in [0.29, 0.717) is 17.2 Å². The summed E-state index contributed by atoms with van der Waals surface area (Å²) in [6.07, 6.45) is 2.27. The zero-order chi connectivity index (χ0) is 12.1. The van der Waals surface area contributed by atoms with Crippen LogP contribution in [0.5, 0.6) is 0 Å². The molecule has 0 amide bonds. The van der Waals surface area contributed by atoms with Crippen LogP contribution in [0.1, 0.15) is 23.2 Å². The molecule has 1 atom stereocenters. The van der Waals surface area contributed by atoms with Crippen LogP contribution >= 0.6 is 11.6 Å². The Kier molecular flexibility index (Phi) is 4.54. The number of carbonyl (C=O) groups is 1. The number of ether oxygens (including phenoxy) is 2. The van der Waals surface area contributed by atoms with Gasteiger partial charge in [0.05, 0.1) is 12.7 Å². The first-order valence-corrected chi connectivity index (χ1v) is 6.11. The van der Waals surface area contributed by atoms with E-state index in [-0.39, 0.29) is 18.5 Å². The minimum absolute atomic E-state index is 0.0281. The summed E-state index contributed by atoms with van der Waals surface area (Å²) in [4.78, 5) is 11.7. The Balaban J connectivity index is 1.75. The van der Waals surface area contributed by atoms with Gasteiger partial charge in [-0.1, -0.05) is 11.6 Å². The third-order valence-corrected chi connectivity index (χ3v) is 2.98. The van der Waals surface area contributed by atoms with E-state index >= 15 is 0 Å². The van der Waals surface area contributed by atoms with Crippen molar-refractivity contribution in [2.45, 2.75) is 18.9 Å². The van der Waals surface area contributed by atoms with E-state index in [9.17, 15) is 4.79 Å². The average molecular weight is 255 g/mol. The van der Waals surface area contributed by atoms with E-state index in [1.54, 1.807) is 24.3 Å². The molecule has 17 heavy (non-hydrogen) atoms. The van der Waals surface area contributed by atoms with E-state index in [1.165, 1.54) is 0 Å². The Hall–Kier alpha value is -0.900. The zero-order valence-corrected chi connectivity index (χ0v) is 10.3. The third-order valence-electron chi connectivity index (χ3n) is 2.73. The van der Waals surface area contributed by atoms with Crippen molar-refractivity contribution in [2.75, 3.05) is 19.8 Å². The van der Waals surface area contributed by atoms with Gasteiger partial charge in [0.1, 0.15) is 6.61 Å². The number of Topliss-reactive ketones (excluding diaryl/α,β-unsaturated/α-hetero) is 1. The van der Waals surface area contributed by atoms with Crippen LogP contribution in [0.25, 0.3) is 0 Å². The Morgan fingerprint density at radius 1 is 1.41 bits per heavy atom. The standard InChI is InChI=1S/C13H15ClO3/c14-11-5-3-10(4-6-11)13(15)9-16-8-12-2-1-7-17-12/h3-6,12H,1-2,7-9H2. The summed E-state index contributed by atoms with van der Waals surface area (Å²) in [6, 6.07) is 6.82. The highest BCUT2D eigenvalue weighted by Gasteiger charge is 2.16. The van der Waals surface area contributed by atoms with Gasteiger partial charge >= 0.3 is 0 Å². The lowest BCUT2D eigenvalue weighted by molar-refractivity contribution is 0.0190. The molecule has 1 unspecified atom stereocenters. The third kappa shape index (κ3) is 3.80. The summed E-state index contributed by atoms with van der Waals surface area (Å²) >= 11 is 5.75. The smallest absolute Gasteiger partial charge is 0.188 e. The predicted molar refractivity (Wildman–Crippen MR) is 65.6 cm³/mol. The minimum Gasteiger partial charge on any atom is -0.376 e. The number of ketones is 1. The lowest BCUT2D eigenvalue weighted by Crippen LogP contribution is -2.18. The van der Waals surface area contributed by atoms with Crippen molar-refractivity contribution >= 4 is 17.4 Å². The lowest BCUT2D eigenvalue weighted by atomic mass is 10.1. The van der Waals surface area contributed by atoms with Crippen LogP contribution in [0.3, 0.4) is 0 Å². The molecule has 0 saturated carbocycles. The molecule has 0 aliphatic carbocycles. The second-order valence-corrected chi connectivity index (χ2v) is 4.52. The molecule has 2 rings (SSSR count). The summed E-state index contributed by atoms with van der Waals surface area (Å²) < 4.78 is 10.8. The molecule has 1 saturated heterocycles. The number of rotatable bonds is 5. The van der Waals surface area contributed by atoms with Crippen molar-refractivity contribution in [2.24, 2.45) is 0 Å². The van der Waals surface area contributed by atoms with Crippen molar-refractivity contribution in [3.63, 3.8) is 0 Å². The number of hydrogen-bond donors (Lipinski definition) is 0. The maximum absolute atomic E-state index is 11.7. The van der Waals surface area contributed by atoms with Crippen LogP contribution in [0.15, 0.2) is 24.3 Å². The van der Waals surface area contributed by atoms with Crippen LogP contribution in [0.2, 0.25) is 5.02 Å². The summed E-state index contributed by atoms with van der Waals surface area (Å²) in [5.41, 5.74) is 0.627. The molecule has 1 aliphatic heterocycles. The summed E-state index contributed by atoms with van der Waals surface area (Å²) in [5.74, 6) is -0.0281. The largest absolute Gasteiger partial charge is 0.376 e. The lowest BCUT2D eigenvalue weighted by Gasteiger charge is -2.09. The quantitative estimate of drug-likeness (QED) is 0.758. The summed E-state index contributed by atoms with van der Waals surface area (Å²) in [5, 5.41) is 0.627. The van der Waals surface area contributed by atoms with Crippen LogP contribution < -0.4 is 0 Å². The summed E-state index contributed by atoms with van der Waals surface area (Å²) in [7, 11) is 0. The van der Waals surface area contributed by atoms with E-state index in [4.69, 9.17) is 21.1 Å². The van der Waals surface area contributed by atoms with Crippen molar-refractivity contribution < 1.29 is 14.3 Å². The SMILES string of the molecule is O=C(COCC1CCCO1)c1ccc(Cl)cc1. The highest BCUT2D eigenvalue weighted by atomic mass is 35.5. The molecule has 0 bridgehead atoms. The highest BCUT2D eigenvalue weighted by Crippen LogP contribution is 2.13. The van der Waals surface area contributed by atoms with E-state index in [1.807, 2.05) is 0 Å². The highest BCUT2D eigenvalue weighted by molar-refractivity contribution is 6.30. The van der Waals surface area contributed by atoms with Crippen molar-refractivity contribution in [3.05, 3.63) is 34.9 Å². The first-order valence-electron chi connectivity index (χ1n) is 5.74. The van der Waals surface area contributed by atoms with E-state index < -0.39 is 0 Å². The van der Waals surface area contributed by atoms with Gasteiger partial charge in [-0.3, -0.25) is 4.79 Å². The predicted octanol–water partition coefficient (Wildman–Crippen LogP) is 2.72. The van der Waals surface area contributed by atoms with Gasteiger partial charge in [0.25, 0.3) is 0 Å². The Labute approximate surface area is 106 Å². The zero-order valence-electron chi connectivity index (χ0n) is 9.52. The fraction of sp³-hybridized carbons (Fsp3) is 0.462. The van der Waals surface area contributed by atoms with Gasteiger partial charge in [-0.05, 0) is 37.1 Å². The van der Waals surface area contributed by atoms with Gasteiger partial charge in [0.15, 0.2) is 5.78 Å². The molecule has 0 aromatic heterocycles. The van der Waals surface area contributed by atoms with E-state index in [2.05, 4.69) is 0 Å². The Morgan fingerprint density at radius 2 is 2.18 bits per heavy atom. The molecular formula is C13H15ClO3. The fourth-order valence-corrected chi connectivity index (χ4v) is 1.90. The van der Waals surface area contributed by atoms with Crippen molar-refractivity contribution in [1.82, 2.24) is 0 Å². The first kappa shape index (κ1) is 12.6. The molecule has 3 nitrogen and oxygen atoms in total. The van der Waals surface area contributed by atoms with Gasteiger partial charge < -0.3 is 9.47 Å². The summed E-state index contributed by atoms with van der Waals surface area (Å²) in [6.45, 7) is 1.40. The molecule has 0 radical (unpaired) electrons. The monoisotopic (exact) mass is 254 g/mol. The number of carbonyl (C=O) groups excluding carboxylic acids is 1. The topological polar surface area (TPSA) is 35.5 Å². The molecule has 1 heterocycles. The Morgan fingerprint density at radius 3 is 2.82 bits per heavy atom. The van der Waals surface area contributed by atoms with Gasteiger partial charge in [-0.25, -0.2) is 0 Å².